The Morgan fingerprint density at radius 1 is 1.00 bits per heavy atom. The molecule has 4 heteroatoms. The minimum atomic E-state index is 0.220. The predicted molar refractivity (Wildman–Crippen MR) is 104 cm³/mol. The van der Waals surface area contributed by atoms with E-state index in [1.165, 1.54) is 20.3 Å². The first-order valence-electron chi connectivity index (χ1n) is 8.56. The van der Waals surface area contributed by atoms with Gasteiger partial charge in [-0.25, -0.2) is 0 Å². The summed E-state index contributed by atoms with van der Waals surface area (Å²) in [4.78, 5) is 4.83. The van der Waals surface area contributed by atoms with Crippen LogP contribution in [-0.2, 0) is 18.1 Å². The van der Waals surface area contributed by atoms with Crippen LogP contribution in [0.25, 0.3) is 0 Å². The number of hydrogen-bond donors (Lipinski definition) is 0. The van der Waals surface area contributed by atoms with E-state index in [1.54, 1.807) is 0 Å². The zero-order chi connectivity index (χ0) is 17.6. The van der Waals surface area contributed by atoms with Gasteiger partial charge in [0.2, 0.25) is 0 Å². The molecule has 0 aliphatic carbocycles. The van der Waals surface area contributed by atoms with E-state index in [0.717, 1.165) is 5.82 Å². The summed E-state index contributed by atoms with van der Waals surface area (Å²) in [7, 11) is 0. The number of aryl methyl sites for hydroxylation is 1. The normalized spacial score (nSPS) is 11.2. The third-order valence-electron chi connectivity index (χ3n) is 3.97. The predicted octanol–water partition coefficient (Wildman–Crippen LogP) is 3.14. The van der Waals surface area contributed by atoms with Gasteiger partial charge < -0.3 is 0 Å². The fraction of sp³-hybridized carbons (Fsp3) is 0.286. The molecule has 0 saturated heterocycles. The maximum absolute atomic E-state index is 5.99. The Bertz CT molecular complexity index is 798. The van der Waals surface area contributed by atoms with Gasteiger partial charge in [0.25, 0.3) is 0 Å². The number of ether oxygens (including phenoxy) is 1. The molecule has 0 bridgehead atoms. The van der Waals surface area contributed by atoms with Gasteiger partial charge >= 0.3 is 156 Å². The van der Waals surface area contributed by atoms with E-state index in [9.17, 15) is 0 Å². The first-order valence-corrected chi connectivity index (χ1v) is 10.3. The van der Waals surface area contributed by atoms with Gasteiger partial charge in [-0.1, -0.05) is 0 Å². The average Bonchev–Trinajstić information content (AvgIpc) is 2.93. The third-order valence-corrected chi connectivity index (χ3v) is 6.35. The molecule has 3 aromatic rings. The van der Waals surface area contributed by atoms with Gasteiger partial charge in [-0.3, -0.25) is 0 Å². The van der Waals surface area contributed by atoms with E-state index in [-0.39, 0.29) is 15.0 Å². The van der Waals surface area contributed by atoms with Crippen LogP contribution in [0.15, 0.2) is 60.7 Å². The monoisotopic (exact) mass is 400 g/mol. The van der Waals surface area contributed by atoms with Crippen molar-refractivity contribution >= 4 is 24.0 Å². The summed E-state index contributed by atoms with van der Waals surface area (Å²) in [6, 6.07) is 21.0. The van der Waals surface area contributed by atoms with Crippen LogP contribution in [0.2, 0.25) is 0 Å². The second-order valence-corrected chi connectivity index (χ2v) is 8.54. The van der Waals surface area contributed by atoms with Gasteiger partial charge in [0.05, 0.1) is 0 Å². The van der Waals surface area contributed by atoms with E-state index < -0.39 is 0 Å². The first kappa shape index (κ1) is 17.9. The third kappa shape index (κ3) is 4.60. The summed E-state index contributed by atoms with van der Waals surface area (Å²) >= 11 is 0.220. The first-order chi connectivity index (χ1) is 12.1. The van der Waals surface area contributed by atoms with Gasteiger partial charge in [0, 0.05) is 0 Å². The van der Waals surface area contributed by atoms with Gasteiger partial charge in [-0.15, -0.1) is 0 Å². The topological polar surface area (TPSA) is 27.1 Å². The molecule has 1 aromatic heterocycles. The molecule has 0 fully saturated rings. The number of imidazole rings is 1. The Hall–Kier alpha value is -1.87. The van der Waals surface area contributed by atoms with Crippen molar-refractivity contribution < 1.29 is 4.74 Å². The molecule has 0 aliphatic rings. The van der Waals surface area contributed by atoms with Crippen molar-refractivity contribution in [1.29, 1.82) is 0 Å². The van der Waals surface area contributed by atoms with Crippen molar-refractivity contribution in [1.82, 2.24) is 9.55 Å². The fourth-order valence-corrected chi connectivity index (χ4v) is 5.14. The summed E-state index contributed by atoms with van der Waals surface area (Å²) in [6.07, 6.45) is 0. The molecule has 130 valence electrons. The number of benzene rings is 2. The molecule has 0 unspecified atom stereocenters. The standard InChI is InChI=1S/C21H24N2OSe/c1-16(2)20-21(25-19-12-8-5-9-13-19)23(17(3)22-20)15-24-14-18-10-6-4-7-11-18/h4-13,16H,14-15H2,1-3H3. The molecular formula is C21H24N2OSe. The van der Waals surface area contributed by atoms with E-state index in [1.807, 2.05) is 18.2 Å². The van der Waals surface area contributed by atoms with Gasteiger partial charge in [0.1, 0.15) is 0 Å². The molecular weight excluding hydrogens is 375 g/mol. The van der Waals surface area contributed by atoms with Crippen molar-refractivity contribution in [3.05, 3.63) is 77.7 Å². The van der Waals surface area contributed by atoms with Gasteiger partial charge in [-0.05, 0) is 0 Å². The minimum absolute atomic E-state index is 0.220. The van der Waals surface area contributed by atoms with Crippen LogP contribution in [0.5, 0.6) is 0 Å². The summed E-state index contributed by atoms with van der Waals surface area (Å²) in [5.74, 6) is 1.44. The SMILES string of the molecule is Cc1nc(C(C)C)c([Se]c2ccccc2)n1COCc1ccccc1. The molecule has 0 atom stereocenters. The van der Waals surface area contributed by atoms with Crippen LogP contribution in [0, 0.1) is 6.92 Å². The van der Waals surface area contributed by atoms with Crippen molar-refractivity contribution in [2.45, 2.75) is 40.0 Å². The van der Waals surface area contributed by atoms with Crippen LogP contribution in [0.1, 0.15) is 36.8 Å². The number of hydrogen-bond acceptors (Lipinski definition) is 2. The van der Waals surface area contributed by atoms with Crippen molar-refractivity contribution in [2.75, 3.05) is 0 Å². The van der Waals surface area contributed by atoms with Gasteiger partial charge in [-0.2, -0.15) is 0 Å². The molecule has 25 heavy (non-hydrogen) atoms. The second-order valence-electron chi connectivity index (χ2n) is 6.31. The summed E-state index contributed by atoms with van der Waals surface area (Å²) in [6.45, 7) is 7.66. The average molecular weight is 399 g/mol. The molecule has 0 saturated carbocycles. The van der Waals surface area contributed by atoms with E-state index in [4.69, 9.17) is 9.72 Å². The molecule has 0 amide bonds. The molecule has 2 aromatic carbocycles. The van der Waals surface area contributed by atoms with Crippen molar-refractivity contribution in [3.8, 4) is 0 Å². The zero-order valence-electron chi connectivity index (χ0n) is 15.0. The van der Waals surface area contributed by atoms with E-state index in [0.29, 0.717) is 19.3 Å². The summed E-state index contributed by atoms with van der Waals surface area (Å²) in [5, 5.41) is 0. The molecule has 0 N–H and O–H groups in total. The molecule has 0 aliphatic heterocycles. The number of aromatic nitrogens is 2. The van der Waals surface area contributed by atoms with Crippen LogP contribution in [0.3, 0.4) is 0 Å². The van der Waals surface area contributed by atoms with Crippen LogP contribution < -0.4 is 9.05 Å². The Balaban J connectivity index is 1.79. The van der Waals surface area contributed by atoms with Crippen LogP contribution in [0.4, 0.5) is 0 Å². The Labute approximate surface area is 156 Å². The molecule has 0 radical (unpaired) electrons. The maximum atomic E-state index is 5.99. The Kier molecular flexibility index (Phi) is 6.09. The molecule has 3 rings (SSSR count). The fourth-order valence-electron chi connectivity index (χ4n) is 2.63. The number of nitrogens with zero attached hydrogens (tertiary/aromatic N) is 2. The van der Waals surface area contributed by atoms with Crippen molar-refractivity contribution in [3.63, 3.8) is 0 Å². The summed E-state index contributed by atoms with van der Waals surface area (Å²) in [5.41, 5.74) is 2.39. The van der Waals surface area contributed by atoms with Crippen molar-refractivity contribution in [2.24, 2.45) is 0 Å². The Morgan fingerprint density at radius 2 is 1.64 bits per heavy atom. The molecule has 3 nitrogen and oxygen atoms in total. The van der Waals surface area contributed by atoms with E-state index >= 15 is 0 Å². The summed E-state index contributed by atoms with van der Waals surface area (Å²) < 4.78 is 10.9. The van der Waals surface area contributed by atoms with Gasteiger partial charge in [0.15, 0.2) is 0 Å². The van der Waals surface area contributed by atoms with Crippen LogP contribution in [-0.4, -0.2) is 24.5 Å². The van der Waals surface area contributed by atoms with E-state index in [2.05, 4.69) is 67.8 Å². The zero-order valence-corrected chi connectivity index (χ0v) is 16.7. The second kappa shape index (κ2) is 8.48. The Morgan fingerprint density at radius 3 is 2.28 bits per heavy atom. The number of rotatable bonds is 7. The molecule has 1 heterocycles. The molecule has 0 spiro atoms. The van der Waals surface area contributed by atoms with Crippen LogP contribution >= 0.6 is 0 Å². The quantitative estimate of drug-likeness (QED) is 0.571.